The SMILES string of the molecule is COC(=O)C(CCCC(CCC(C)C)[C@@H](O[Si](C(C)C)(C(C)C)C(C)C)[C@H](C)OCc1ccc(OC)cc1)NC(=O)OC(C)(C)C. The quantitative estimate of drug-likeness (QED) is 0.110. The van der Waals surface area contributed by atoms with Gasteiger partial charge in [-0.2, -0.15) is 0 Å². The van der Waals surface area contributed by atoms with E-state index in [9.17, 15) is 9.59 Å². The Morgan fingerprint density at radius 2 is 1.37 bits per heavy atom. The molecule has 8 nitrogen and oxygen atoms in total. The van der Waals surface area contributed by atoms with Crippen molar-refractivity contribution in [2.75, 3.05) is 14.2 Å². The summed E-state index contributed by atoms with van der Waals surface area (Å²) >= 11 is 0. The van der Waals surface area contributed by atoms with E-state index < -0.39 is 32.0 Å². The summed E-state index contributed by atoms with van der Waals surface area (Å²) in [6, 6.07) is 7.21. The molecule has 0 aliphatic carbocycles. The highest BCUT2D eigenvalue weighted by Crippen LogP contribution is 2.45. The summed E-state index contributed by atoms with van der Waals surface area (Å²) in [7, 11) is 0.747. The van der Waals surface area contributed by atoms with Gasteiger partial charge in [-0.3, -0.25) is 0 Å². The molecule has 0 bridgehead atoms. The minimum absolute atomic E-state index is 0.119. The van der Waals surface area contributed by atoms with Crippen LogP contribution in [0.25, 0.3) is 0 Å². The lowest BCUT2D eigenvalue weighted by atomic mass is 9.86. The van der Waals surface area contributed by atoms with E-state index >= 15 is 0 Å². The number of ether oxygens (including phenoxy) is 4. The number of nitrogens with one attached hydrogen (secondary N) is 1. The molecule has 1 aromatic carbocycles. The smallest absolute Gasteiger partial charge is 0.408 e. The van der Waals surface area contributed by atoms with Crippen molar-refractivity contribution >= 4 is 20.4 Å². The predicted octanol–water partition coefficient (Wildman–Crippen LogP) is 9.45. The Bertz CT molecular complexity index is 998. The summed E-state index contributed by atoms with van der Waals surface area (Å²) in [4.78, 5) is 25.2. The Morgan fingerprint density at radius 1 is 0.804 bits per heavy atom. The fraction of sp³-hybridized carbons (Fsp3) is 0.784. The number of carbonyl (C=O) groups excluding carboxylic acids is 2. The third-order valence-electron chi connectivity index (χ3n) is 9.01. The van der Waals surface area contributed by atoms with Crippen LogP contribution in [0.15, 0.2) is 24.3 Å². The van der Waals surface area contributed by atoms with Gasteiger partial charge in [0.05, 0.1) is 33.0 Å². The number of carbonyl (C=O) groups is 2. The van der Waals surface area contributed by atoms with E-state index in [0.717, 1.165) is 30.6 Å². The van der Waals surface area contributed by atoms with Crippen molar-refractivity contribution in [3.63, 3.8) is 0 Å². The molecule has 9 heteroatoms. The van der Waals surface area contributed by atoms with Gasteiger partial charge in [0.2, 0.25) is 8.32 Å². The number of alkyl carbamates (subject to hydrolysis) is 1. The maximum Gasteiger partial charge on any atom is 0.408 e. The first-order valence-electron chi connectivity index (χ1n) is 17.4. The summed E-state index contributed by atoms with van der Waals surface area (Å²) < 4.78 is 30.0. The average molecular weight is 666 g/mol. The number of rotatable bonds is 20. The molecule has 266 valence electrons. The van der Waals surface area contributed by atoms with Crippen LogP contribution < -0.4 is 10.1 Å². The zero-order chi connectivity index (χ0) is 35.2. The van der Waals surface area contributed by atoms with Crippen molar-refractivity contribution in [3.8, 4) is 5.75 Å². The van der Waals surface area contributed by atoms with Gasteiger partial charge in [-0.25, -0.2) is 9.59 Å². The summed E-state index contributed by atoms with van der Waals surface area (Å²) in [6.07, 6.45) is 3.14. The number of benzene rings is 1. The molecule has 0 spiro atoms. The number of methoxy groups -OCH3 is 2. The molecule has 0 aromatic heterocycles. The van der Waals surface area contributed by atoms with Crippen LogP contribution in [0.1, 0.15) is 121 Å². The molecule has 0 aliphatic rings. The van der Waals surface area contributed by atoms with E-state index in [0.29, 0.717) is 42.0 Å². The molecular weight excluding hydrogens is 598 g/mol. The zero-order valence-electron chi connectivity index (χ0n) is 31.5. The Labute approximate surface area is 282 Å². The Morgan fingerprint density at radius 3 is 1.83 bits per heavy atom. The lowest BCUT2D eigenvalue weighted by molar-refractivity contribution is -0.143. The van der Waals surface area contributed by atoms with Crippen LogP contribution in [-0.2, 0) is 30.0 Å². The molecule has 1 rings (SSSR count). The van der Waals surface area contributed by atoms with E-state index in [-0.39, 0.29) is 18.1 Å². The van der Waals surface area contributed by atoms with Crippen LogP contribution in [0.2, 0.25) is 16.6 Å². The van der Waals surface area contributed by atoms with E-state index in [2.05, 4.69) is 67.6 Å². The zero-order valence-corrected chi connectivity index (χ0v) is 32.5. The Balaban J connectivity index is 3.38. The monoisotopic (exact) mass is 665 g/mol. The number of esters is 1. The first-order chi connectivity index (χ1) is 21.4. The molecule has 4 atom stereocenters. The van der Waals surface area contributed by atoms with Gasteiger partial charge in [-0.15, -0.1) is 0 Å². The number of hydrogen-bond donors (Lipinski definition) is 1. The highest BCUT2D eigenvalue weighted by molar-refractivity contribution is 6.77. The van der Waals surface area contributed by atoms with Gasteiger partial charge in [0.25, 0.3) is 0 Å². The van der Waals surface area contributed by atoms with Crippen molar-refractivity contribution in [1.29, 1.82) is 0 Å². The first kappa shape index (κ1) is 41.9. The molecule has 2 unspecified atom stereocenters. The highest BCUT2D eigenvalue weighted by atomic mass is 28.4. The van der Waals surface area contributed by atoms with E-state index in [4.69, 9.17) is 23.4 Å². The van der Waals surface area contributed by atoms with Gasteiger partial charge in [-0.05, 0) is 93.1 Å². The number of hydrogen-bond acceptors (Lipinski definition) is 7. The topological polar surface area (TPSA) is 92.3 Å². The van der Waals surface area contributed by atoms with Crippen molar-refractivity contribution in [3.05, 3.63) is 29.8 Å². The largest absolute Gasteiger partial charge is 0.497 e. The second-order valence-corrected chi connectivity index (χ2v) is 20.6. The standard InChI is InChI=1S/C37H67NO7Si/c1-25(2)18-21-31(16-15-17-33(35(39)42-14)38-36(40)44-37(10,11)12)34(45-46(26(3)4,27(5)6)28(7)8)29(9)43-24-30-19-22-32(41-13)23-20-30/h19-20,22-23,25-29,31,33-34H,15-18,21,24H2,1-14H3,(H,38,40)/t29-,31?,33?,34-/m0/s1. The van der Waals surface area contributed by atoms with Gasteiger partial charge >= 0.3 is 12.1 Å². The molecule has 1 N–H and O–H groups in total. The summed E-state index contributed by atoms with van der Waals surface area (Å²) in [5.74, 6) is 1.09. The fourth-order valence-corrected chi connectivity index (χ4v) is 12.4. The molecule has 1 aromatic rings. The van der Waals surface area contributed by atoms with Crippen LogP contribution in [-0.4, -0.2) is 58.5 Å². The Kier molecular flexibility index (Phi) is 17.9. The van der Waals surface area contributed by atoms with Crippen LogP contribution in [0, 0.1) is 11.8 Å². The molecule has 46 heavy (non-hydrogen) atoms. The van der Waals surface area contributed by atoms with Gasteiger partial charge in [0.1, 0.15) is 17.4 Å². The molecule has 0 aliphatic heterocycles. The maximum atomic E-state index is 12.7. The molecule has 1 amide bonds. The van der Waals surface area contributed by atoms with Gasteiger partial charge in [0.15, 0.2) is 0 Å². The van der Waals surface area contributed by atoms with E-state index in [1.807, 2.05) is 24.3 Å². The minimum atomic E-state index is -2.27. The normalized spacial score (nSPS) is 15.2. The predicted molar refractivity (Wildman–Crippen MR) is 190 cm³/mol. The third-order valence-corrected chi connectivity index (χ3v) is 15.1. The van der Waals surface area contributed by atoms with E-state index in [1.54, 1.807) is 27.9 Å². The molecule has 0 saturated carbocycles. The molecule has 0 radical (unpaired) electrons. The van der Waals surface area contributed by atoms with Crippen LogP contribution in [0.5, 0.6) is 5.75 Å². The van der Waals surface area contributed by atoms with Crippen LogP contribution in [0.4, 0.5) is 4.79 Å². The summed E-state index contributed by atoms with van der Waals surface area (Å²) in [6.45, 7) is 26.4. The number of amides is 1. The average Bonchev–Trinajstić information content (AvgIpc) is 2.96. The fourth-order valence-electron chi connectivity index (χ4n) is 6.71. The van der Waals surface area contributed by atoms with Crippen LogP contribution >= 0.6 is 0 Å². The Hall–Kier alpha value is -2.10. The molecule has 0 heterocycles. The summed E-state index contributed by atoms with van der Waals surface area (Å²) in [5.41, 5.74) is 1.70. The van der Waals surface area contributed by atoms with E-state index in [1.165, 1.54) is 7.11 Å². The second kappa shape index (κ2) is 19.7. The highest BCUT2D eigenvalue weighted by Gasteiger charge is 2.48. The first-order valence-corrected chi connectivity index (χ1v) is 19.5. The van der Waals surface area contributed by atoms with Crippen molar-refractivity contribution in [2.24, 2.45) is 11.8 Å². The minimum Gasteiger partial charge on any atom is -0.497 e. The van der Waals surface area contributed by atoms with Gasteiger partial charge in [0, 0.05) is 0 Å². The van der Waals surface area contributed by atoms with Crippen molar-refractivity contribution in [1.82, 2.24) is 5.32 Å². The molecular formula is C37H67NO7Si. The lowest BCUT2D eigenvalue weighted by Gasteiger charge is -2.47. The van der Waals surface area contributed by atoms with Crippen molar-refractivity contribution < 1.29 is 33.0 Å². The summed E-state index contributed by atoms with van der Waals surface area (Å²) in [5, 5.41) is 2.74. The molecule has 0 saturated heterocycles. The maximum absolute atomic E-state index is 12.7. The second-order valence-electron chi connectivity index (χ2n) is 15.1. The van der Waals surface area contributed by atoms with Crippen LogP contribution in [0.3, 0.4) is 0 Å². The van der Waals surface area contributed by atoms with Crippen molar-refractivity contribution in [2.45, 2.75) is 162 Å². The van der Waals surface area contributed by atoms with Gasteiger partial charge in [-0.1, -0.05) is 80.4 Å². The third kappa shape index (κ3) is 13.6. The van der Waals surface area contributed by atoms with Gasteiger partial charge < -0.3 is 28.7 Å². The lowest BCUT2D eigenvalue weighted by Crippen LogP contribution is -2.54. The molecule has 0 fully saturated rings.